The van der Waals surface area contributed by atoms with Crippen molar-refractivity contribution in [2.75, 3.05) is 13.2 Å². The summed E-state index contributed by atoms with van der Waals surface area (Å²) in [5.41, 5.74) is 0.489. The van der Waals surface area contributed by atoms with E-state index in [1.165, 1.54) is 44.9 Å². The van der Waals surface area contributed by atoms with E-state index < -0.39 is 0 Å². The quantitative estimate of drug-likeness (QED) is 0.536. The van der Waals surface area contributed by atoms with Crippen molar-refractivity contribution in [3.8, 4) is 0 Å². The fourth-order valence-corrected chi connectivity index (χ4v) is 3.22. The SMILES string of the molecule is CC(C)OCCCCNC1CCCC(C(C)(C)C)CC1. The molecule has 0 radical (unpaired) electrons. The molecule has 1 fully saturated rings. The van der Waals surface area contributed by atoms with E-state index in [9.17, 15) is 0 Å². The van der Waals surface area contributed by atoms with Crippen molar-refractivity contribution >= 4 is 0 Å². The molecule has 1 rings (SSSR count). The Balaban J connectivity index is 2.10. The lowest BCUT2D eigenvalue weighted by molar-refractivity contribution is 0.0759. The molecule has 1 aliphatic rings. The molecule has 1 aliphatic carbocycles. The van der Waals surface area contributed by atoms with Gasteiger partial charge in [0.05, 0.1) is 6.10 Å². The summed E-state index contributed by atoms with van der Waals surface area (Å²) in [6.45, 7) is 13.5. The van der Waals surface area contributed by atoms with Crippen LogP contribution in [0.15, 0.2) is 0 Å². The third kappa shape index (κ3) is 7.64. The van der Waals surface area contributed by atoms with Crippen molar-refractivity contribution in [1.82, 2.24) is 5.32 Å². The molecule has 1 N–H and O–H groups in total. The second-order valence-electron chi connectivity index (χ2n) is 7.85. The van der Waals surface area contributed by atoms with E-state index in [0.29, 0.717) is 11.5 Å². The van der Waals surface area contributed by atoms with Crippen LogP contribution in [0, 0.1) is 11.3 Å². The smallest absolute Gasteiger partial charge is 0.0518 e. The molecule has 0 amide bonds. The van der Waals surface area contributed by atoms with Gasteiger partial charge in [0.2, 0.25) is 0 Å². The van der Waals surface area contributed by atoms with Crippen LogP contribution in [0.5, 0.6) is 0 Å². The molecule has 2 unspecified atom stereocenters. The van der Waals surface area contributed by atoms with Crippen LogP contribution in [0.1, 0.15) is 79.6 Å². The number of hydrogen-bond donors (Lipinski definition) is 1. The van der Waals surface area contributed by atoms with Crippen molar-refractivity contribution in [2.24, 2.45) is 11.3 Å². The van der Waals surface area contributed by atoms with Crippen molar-refractivity contribution in [3.05, 3.63) is 0 Å². The van der Waals surface area contributed by atoms with Gasteiger partial charge in [-0.2, -0.15) is 0 Å². The third-order valence-corrected chi connectivity index (χ3v) is 4.65. The highest BCUT2D eigenvalue weighted by Crippen LogP contribution is 2.36. The molecular formula is C18H37NO. The van der Waals surface area contributed by atoms with Crippen LogP contribution >= 0.6 is 0 Å². The predicted molar refractivity (Wildman–Crippen MR) is 88.1 cm³/mol. The Labute approximate surface area is 127 Å². The molecule has 2 heteroatoms. The van der Waals surface area contributed by atoms with Crippen LogP contribution in [-0.2, 0) is 4.74 Å². The predicted octanol–water partition coefficient (Wildman–Crippen LogP) is 4.78. The fraction of sp³-hybridized carbons (Fsp3) is 1.00. The van der Waals surface area contributed by atoms with Crippen molar-refractivity contribution in [1.29, 1.82) is 0 Å². The second kappa shape index (κ2) is 9.04. The lowest BCUT2D eigenvalue weighted by Gasteiger charge is -2.29. The highest BCUT2D eigenvalue weighted by Gasteiger charge is 2.27. The third-order valence-electron chi connectivity index (χ3n) is 4.65. The van der Waals surface area contributed by atoms with E-state index in [2.05, 4.69) is 39.9 Å². The van der Waals surface area contributed by atoms with E-state index >= 15 is 0 Å². The minimum atomic E-state index is 0.374. The average Bonchev–Trinajstić information content (AvgIpc) is 2.58. The van der Waals surface area contributed by atoms with Gasteiger partial charge in [-0.05, 0) is 70.3 Å². The molecule has 2 nitrogen and oxygen atoms in total. The Hall–Kier alpha value is -0.0800. The van der Waals surface area contributed by atoms with Crippen LogP contribution in [0.2, 0.25) is 0 Å². The highest BCUT2D eigenvalue weighted by molar-refractivity contribution is 4.81. The molecule has 0 spiro atoms. The summed E-state index contributed by atoms with van der Waals surface area (Å²) in [5, 5.41) is 3.77. The maximum Gasteiger partial charge on any atom is 0.0518 e. The lowest BCUT2D eigenvalue weighted by Crippen LogP contribution is -2.30. The van der Waals surface area contributed by atoms with Gasteiger partial charge in [-0.3, -0.25) is 0 Å². The molecular weight excluding hydrogens is 246 g/mol. The first-order valence-corrected chi connectivity index (χ1v) is 8.74. The standard InChI is InChI=1S/C18H37NO/c1-15(2)20-14-7-6-13-19-17-10-8-9-16(11-12-17)18(3,4)5/h15-17,19H,6-14H2,1-5H3. The summed E-state index contributed by atoms with van der Waals surface area (Å²) < 4.78 is 5.58. The minimum absolute atomic E-state index is 0.374. The average molecular weight is 284 g/mol. The summed E-state index contributed by atoms with van der Waals surface area (Å²) in [4.78, 5) is 0. The molecule has 0 aliphatic heterocycles. The number of hydrogen-bond acceptors (Lipinski definition) is 2. The fourth-order valence-electron chi connectivity index (χ4n) is 3.22. The van der Waals surface area contributed by atoms with Crippen LogP contribution in [0.4, 0.5) is 0 Å². The molecule has 0 saturated heterocycles. The second-order valence-corrected chi connectivity index (χ2v) is 7.85. The highest BCUT2D eigenvalue weighted by atomic mass is 16.5. The maximum atomic E-state index is 5.58. The summed E-state index contributed by atoms with van der Waals surface area (Å²) in [6, 6.07) is 0.758. The Bertz CT molecular complexity index is 244. The van der Waals surface area contributed by atoms with Gasteiger partial charge in [0, 0.05) is 12.6 Å². The van der Waals surface area contributed by atoms with Crippen molar-refractivity contribution in [3.63, 3.8) is 0 Å². The largest absolute Gasteiger partial charge is 0.379 e. The number of unbranched alkanes of at least 4 members (excludes halogenated alkanes) is 1. The number of nitrogens with one attached hydrogen (secondary N) is 1. The summed E-state index contributed by atoms with van der Waals surface area (Å²) >= 11 is 0. The van der Waals surface area contributed by atoms with E-state index in [0.717, 1.165) is 25.1 Å². The Morgan fingerprint density at radius 1 is 1.05 bits per heavy atom. The van der Waals surface area contributed by atoms with Gasteiger partial charge in [0.25, 0.3) is 0 Å². The first-order valence-electron chi connectivity index (χ1n) is 8.74. The van der Waals surface area contributed by atoms with Crippen LogP contribution < -0.4 is 5.32 Å². The molecule has 120 valence electrons. The molecule has 1 saturated carbocycles. The van der Waals surface area contributed by atoms with Gasteiger partial charge in [-0.25, -0.2) is 0 Å². The summed E-state index contributed by atoms with van der Waals surface area (Å²) in [7, 11) is 0. The Morgan fingerprint density at radius 2 is 1.80 bits per heavy atom. The molecule has 2 atom stereocenters. The van der Waals surface area contributed by atoms with Gasteiger partial charge in [-0.15, -0.1) is 0 Å². The maximum absolute atomic E-state index is 5.58. The normalized spacial score (nSPS) is 24.9. The Morgan fingerprint density at radius 3 is 2.45 bits per heavy atom. The molecule has 0 aromatic carbocycles. The zero-order valence-corrected chi connectivity index (χ0v) is 14.5. The lowest BCUT2D eigenvalue weighted by atomic mass is 9.76. The first kappa shape index (κ1) is 18.0. The van der Waals surface area contributed by atoms with Crippen LogP contribution in [0.3, 0.4) is 0 Å². The van der Waals surface area contributed by atoms with Gasteiger partial charge in [0.15, 0.2) is 0 Å². The molecule has 0 aromatic rings. The minimum Gasteiger partial charge on any atom is -0.379 e. The summed E-state index contributed by atoms with van der Waals surface area (Å²) in [5.74, 6) is 0.911. The van der Waals surface area contributed by atoms with Gasteiger partial charge in [0.1, 0.15) is 0 Å². The summed E-state index contributed by atoms with van der Waals surface area (Å²) in [6.07, 6.45) is 9.75. The molecule has 20 heavy (non-hydrogen) atoms. The van der Waals surface area contributed by atoms with Crippen LogP contribution in [-0.4, -0.2) is 25.3 Å². The molecule has 0 bridgehead atoms. The van der Waals surface area contributed by atoms with Crippen LogP contribution in [0.25, 0.3) is 0 Å². The van der Waals surface area contributed by atoms with Crippen molar-refractivity contribution < 1.29 is 4.74 Å². The zero-order valence-electron chi connectivity index (χ0n) is 14.5. The monoisotopic (exact) mass is 283 g/mol. The van der Waals surface area contributed by atoms with Gasteiger partial charge < -0.3 is 10.1 Å². The van der Waals surface area contributed by atoms with E-state index in [-0.39, 0.29) is 0 Å². The van der Waals surface area contributed by atoms with Gasteiger partial charge >= 0.3 is 0 Å². The van der Waals surface area contributed by atoms with E-state index in [4.69, 9.17) is 4.74 Å². The first-order chi connectivity index (χ1) is 9.39. The van der Waals surface area contributed by atoms with E-state index in [1.807, 2.05) is 0 Å². The van der Waals surface area contributed by atoms with Crippen molar-refractivity contribution in [2.45, 2.75) is 91.7 Å². The zero-order chi connectivity index (χ0) is 15.0. The topological polar surface area (TPSA) is 21.3 Å². The number of ether oxygens (including phenoxy) is 1. The molecule has 0 aromatic heterocycles. The number of rotatable bonds is 7. The van der Waals surface area contributed by atoms with E-state index in [1.54, 1.807) is 0 Å². The Kier molecular flexibility index (Phi) is 8.13. The van der Waals surface area contributed by atoms with Gasteiger partial charge in [-0.1, -0.05) is 27.2 Å². The molecule has 0 heterocycles.